The Labute approximate surface area is 129 Å². The molecule has 6 heteroatoms. The van der Waals surface area contributed by atoms with E-state index >= 15 is 0 Å². The van der Waals surface area contributed by atoms with Gasteiger partial charge in [-0.15, -0.1) is 0 Å². The van der Waals surface area contributed by atoms with Gasteiger partial charge < -0.3 is 5.11 Å². The number of fused-ring (bicyclic) bond motifs is 1. The van der Waals surface area contributed by atoms with Crippen molar-refractivity contribution in [2.75, 3.05) is 0 Å². The number of hydroxylamine groups is 2. The SMILES string of the molecule is Cc1cc(C2C3C(=O)NC(=O)C3ON2C(C)(C)C)ccc1O. The summed E-state index contributed by atoms with van der Waals surface area (Å²) in [5.74, 6) is -1.07. The Bertz CT molecular complexity index is 650. The maximum atomic E-state index is 12.2. The van der Waals surface area contributed by atoms with E-state index in [4.69, 9.17) is 4.84 Å². The molecule has 2 aliphatic rings. The van der Waals surface area contributed by atoms with Gasteiger partial charge >= 0.3 is 0 Å². The van der Waals surface area contributed by atoms with E-state index in [-0.39, 0.29) is 29.1 Å². The normalized spacial score (nSPS) is 28.8. The lowest BCUT2D eigenvalue weighted by Crippen LogP contribution is -2.43. The standard InChI is InChI=1S/C16H20N2O4/c1-8-7-9(5-6-10(8)19)12-11-13(15(21)17-14(11)20)22-18(12)16(2,3)4/h5-7,11-13,19H,1-4H3,(H,17,20,21). The van der Waals surface area contributed by atoms with E-state index < -0.39 is 12.0 Å². The van der Waals surface area contributed by atoms with Crippen LogP contribution in [0.25, 0.3) is 0 Å². The molecule has 22 heavy (non-hydrogen) atoms. The molecule has 3 atom stereocenters. The van der Waals surface area contributed by atoms with Crippen LogP contribution < -0.4 is 5.32 Å². The van der Waals surface area contributed by atoms with Crippen molar-refractivity contribution < 1.29 is 19.5 Å². The van der Waals surface area contributed by atoms with Crippen molar-refractivity contribution in [3.63, 3.8) is 0 Å². The molecule has 2 amide bonds. The second kappa shape index (κ2) is 4.79. The van der Waals surface area contributed by atoms with Gasteiger partial charge in [0.2, 0.25) is 5.91 Å². The van der Waals surface area contributed by atoms with Crippen molar-refractivity contribution in [1.29, 1.82) is 0 Å². The summed E-state index contributed by atoms with van der Waals surface area (Å²) in [6.07, 6.45) is -0.786. The lowest BCUT2D eigenvalue weighted by atomic mass is 9.88. The Balaban J connectivity index is 2.08. The van der Waals surface area contributed by atoms with Crippen molar-refractivity contribution >= 4 is 11.8 Å². The molecule has 0 spiro atoms. The first kappa shape index (κ1) is 15.0. The van der Waals surface area contributed by atoms with Crippen LogP contribution in [0.15, 0.2) is 18.2 Å². The largest absolute Gasteiger partial charge is 0.508 e. The maximum Gasteiger partial charge on any atom is 0.258 e. The number of carbonyl (C=O) groups excluding carboxylic acids is 2. The molecule has 0 aliphatic carbocycles. The molecule has 6 nitrogen and oxygen atoms in total. The van der Waals surface area contributed by atoms with Gasteiger partial charge in [-0.3, -0.25) is 19.7 Å². The smallest absolute Gasteiger partial charge is 0.258 e. The van der Waals surface area contributed by atoms with Crippen molar-refractivity contribution in [3.8, 4) is 5.75 Å². The Hall–Kier alpha value is -1.92. The Morgan fingerprint density at radius 1 is 1.23 bits per heavy atom. The number of nitrogens with zero attached hydrogens (tertiary/aromatic N) is 1. The number of hydrogen-bond donors (Lipinski definition) is 2. The number of benzene rings is 1. The highest BCUT2D eigenvalue weighted by Gasteiger charge is 2.58. The first-order valence-electron chi connectivity index (χ1n) is 7.30. The van der Waals surface area contributed by atoms with E-state index in [0.29, 0.717) is 0 Å². The van der Waals surface area contributed by atoms with Gasteiger partial charge in [-0.05, 0) is 44.9 Å². The molecule has 3 rings (SSSR count). The molecule has 2 N–H and O–H groups in total. The van der Waals surface area contributed by atoms with E-state index in [1.807, 2.05) is 26.8 Å². The van der Waals surface area contributed by atoms with Crippen LogP contribution in [-0.2, 0) is 14.4 Å². The van der Waals surface area contributed by atoms with Crippen molar-refractivity contribution in [2.45, 2.75) is 45.4 Å². The molecule has 2 heterocycles. The molecule has 0 bridgehead atoms. The molecule has 2 aliphatic heterocycles. The number of hydrogen-bond acceptors (Lipinski definition) is 5. The molecule has 2 saturated heterocycles. The molecular weight excluding hydrogens is 284 g/mol. The van der Waals surface area contributed by atoms with E-state index in [1.54, 1.807) is 24.1 Å². The third-order valence-corrected chi connectivity index (χ3v) is 4.18. The Morgan fingerprint density at radius 3 is 2.50 bits per heavy atom. The minimum Gasteiger partial charge on any atom is -0.508 e. The number of amides is 2. The van der Waals surface area contributed by atoms with Gasteiger partial charge in [0.25, 0.3) is 5.91 Å². The number of phenolic OH excluding ortho intramolecular Hbond substituents is 1. The van der Waals surface area contributed by atoms with Crippen LogP contribution >= 0.6 is 0 Å². The molecule has 118 valence electrons. The number of carbonyl (C=O) groups is 2. The van der Waals surface area contributed by atoms with Crippen molar-refractivity contribution in [3.05, 3.63) is 29.3 Å². The highest BCUT2D eigenvalue weighted by molar-refractivity contribution is 6.07. The third-order valence-electron chi connectivity index (χ3n) is 4.18. The number of nitrogens with one attached hydrogen (secondary N) is 1. The van der Waals surface area contributed by atoms with Gasteiger partial charge in [-0.25, -0.2) is 0 Å². The molecule has 0 aromatic heterocycles. The Kier molecular flexibility index (Phi) is 3.27. The number of imide groups is 1. The zero-order chi connectivity index (χ0) is 16.2. The highest BCUT2D eigenvalue weighted by Crippen LogP contribution is 2.46. The summed E-state index contributed by atoms with van der Waals surface area (Å²) in [6, 6.07) is 4.84. The van der Waals surface area contributed by atoms with E-state index in [1.165, 1.54) is 0 Å². The summed E-state index contributed by atoms with van der Waals surface area (Å²) in [7, 11) is 0. The maximum absolute atomic E-state index is 12.2. The van der Waals surface area contributed by atoms with Crippen LogP contribution in [0.3, 0.4) is 0 Å². The fourth-order valence-corrected chi connectivity index (χ4v) is 3.11. The van der Waals surface area contributed by atoms with Gasteiger partial charge in [0.1, 0.15) is 5.75 Å². The van der Waals surface area contributed by atoms with E-state index in [0.717, 1.165) is 11.1 Å². The zero-order valence-electron chi connectivity index (χ0n) is 13.1. The molecule has 2 fully saturated rings. The monoisotopic (exact) mass is 304 g/mol. The fraction of sp³-hybridized carbons (Fsp3) is 0.500. The number of aryl methyl sites for hydroxylation is 1. The zero-order valence-corrected chi connectivity index (χ0v) is 13.1. The Morgan fingerprint density at radius 2 is 1.91 bits per heavy atom. The van der Waals surface area contributed by atoms with Crippen molar-refractivity contribution in [1.82, 2.24) is 10.4 Å². The van der Waals surface area contributed by atoms with Gasteiger partial charge in [-0.2, -0.15) is 5.06 Å². The van der Waals surface area contributed by atoms with Crippen molar-refractivity contribution in [2.24, 2.45) is 5.92 Å². The average Bonchev–Trinajstić information content (AvgIpc) is 2.92. The quantitative estimate of drug-likeness (QED) is 0.767. The van der Waals surface area contributed by atoms with Gasteiger partial charge in [0.15, 0.2) is 6.10 Å². The van der Waals surface area contributed by atoms with E-state index in [9.17, 15) is 14.7 Å². The minimum atomic E-state index is -0.786. The first-order valence-corrected chi connectivity index (χ1v) is 7.30. The topological polar surface area (TPSA) is 78.9 Å². The van der Waals surface area contributed by atoms with Gasteiger partial charge in [-0.1, -0.05) is 12.1 Å². The first-order chi connectivity index (χ1) is 10.2. The number of aromatic hydroxyl groups is 1. The van der Waals surface area contributed by atoms with Crippen LogP contribution in [0.2, 0.25) is 0 Å². The molecule has 3 unspecified atom stereocenters. The predicted octanol–water partition coefficient (Wildman–Crippen LogP) is 1.43. The third kappa shape index (κ3) is 2.19. The summed E-state index contributed by atoms with van der Waals surface area (Å²) in [5, 5.41) is 13.8. The summed E-state index contributed by atoms with van der Waals surface area (Å²) >= 11 is 0. The second-order valence-corrected chi connectivity index (χ2v) is 6.89. The van der Waals surface area contributed by atoms with Gasteiger partial charge in [0.05, 0.1) is 12.0 Å². The summed E-state index contributed by atoms with van der Waals surface area (Å²) in [6.45, 7) is 7.71. The molecule has 0 radical (unpaired) electrons. The van der Waals surface area contributed by atoms with Crippen LogP contribution in [0.4, 0.5) is 0 Å². The van der Waals surface area contributed by atoms with E-state index in [2.05, 4.69) is 5.32 Å². The predicted molar refractivity (Wildman–Crippen MR) is 78.7 cm³/mol. The fourth-order valence-electron chi connectivity index (χ4n) is 3.11. The lowest BCUT2D eigenvalue weighted by molar-refractivity contribution is -0.212. The van der Waals surface area contributed by atoms with Crippen LogP contribution in [0.1, 0.15) is 37.9 Å². The minimum absolute atomic E-state index is 0.202. The summed E-state index contributed by atoms with van der Waals surface area (Å²) < 4.78 is 0. The summed E-state index contributed by atoms with van der Waals surface area (Å²) in [4.78, 5) is 29.9. The van der Waals surface area contributed by atoms with Crippen LogP contribution in [0, 0.1) is 12.8 Å². The van der Waals surface area contributed by atoms with Gasteiger partial charge in [0, 0.05) is 5.54 Å². The molecule has 0 saturated carbocycles. The van der Waals surface area contributed by atoms with Crippen LogP contribution in [-0.4, -0.2) is 33.6 Å². The summed E-state index contributed by atoms with van der Waals surface area (Å²) in [5.41, 5.74) is 1.20. The molecular formula is C16H20N2O4. The van der Waals surface area contributed by atoms with Crippen LogP contribution in [0.5, 0.6) is 5.75 Å². The lowest BCUT2D eigenvalue weighted by Gasteiger charge is -2.36. The second-order valence-electron chi connectivity index (χ2n) is 6.89. The molecule has 1 aromatic carbocycles. The average molecular weight is 304 g/mol. The molecule has 1 aromatic rings. The highest BCUT2D eigenvalue weighted by atomic mass is 16.7. The number of phenols is 1. The number of rotatable bonds is 1.